The molecule has 0 saturated carbocycles. The minimum absolute atomic E-state index is 0.114. The van der Waals surface area contributed by atoms with E-state index in [1.807, 2.05) is 0 Å². The number of hydrogen-bond acceptors (Lipinski definition) is 2. The molecule has 0 aliphatic rings. The predicted molar refractivity (Wildman–Crippen MR) is 34.6 cm³/mol. The van der Waals surface area contributed by atoms with Crippen molar-refractivity contribution in [2.75, 3.05) is 13.7 Å². The van der Waals surface area contributed by atoms with Crippen LogP contribution in [-0.4, -0.2) is 24.6 Å². The quantitative estimate of drug-likeness (QED) is 0.412. The van der Waals surface area contributed by atoms with E-state index in [1.54, 1.807) is 6.08 Å². The van der Waals surface area contributed by atoms with E-state index in [0.717, 1.165) is 0 Å². The lowest BCUT2D eigenvalue weighted by atomic mass is 10.6. The minimum Gasteiger partial charge on any atom is -0.274 e. The molecule has 0 saturated heterocycles. The molecule has 0 aromatic rings. The highest BCUT2D eigenvalue weighted by molar-refractivity contribution is 5.72. The van der Waals surface area contributed by atoms with Crippen molar-refractivity contribution in [3.63, 3.8) is 0 Å². The summed E-state index contributed by atoms with van der Waals surface area (Å²) >= 11 is 0. The molecule has 0 atom stereocenters. The molecule has 0 aromatic heterocycles. The van der Waals surface area contributed by atoms with Gasteiger partial charge in [0.1, 0.15) is 0 Å². The van der Waals surface area contributed by atoms with Crippen molar-refractivity contribution >= 4 is 5.91 Å². The fraction of sp³-hybridized carbons (Fsp3) is 0.500. The third-order valence-electron chi connectivity index (χ3n) is 0.867. The molecule has 1 amide bonds. The largest absolute Gasteiger partial charge is 0.274 e. The Bertz CT molecular complexity index is 112. The topological polar surface area (TPSA) is 29.5 Å². The van der Waals surface area contributed by atoms with Gasteiger partial charge in [0.2, 0.25) is 5.91 Å². The van der Waals surface area contributed by atoms with E-state index in [1.165, 1.54) is 19.1 Å². The molecule has 0 bridgehead atoms. The Balaban J connectivity index is 3.67. The van der Waals surface area contributed by atoms with Crippen molar-refractivity contribution in [1.29, 1.82) is 0 Å². The second-order valence-corrected chi connectivity index (χ2v) is 1.55. The van der Waals surface area contributed by atoms with Gasteiger partial charge in [0, 0.05) is 6.92 Å². The third-order valence-corrected chi connectivity index (χ3v) is 0.867. The minimum atomic E-state index is -0.114. The highest BCUT2D eigenvalue weighted by atomic mass is 16.7. The standard InChI is InChI=1S/C6H11NO2/c1-4-5-7(9-3)6(2)8/h4H,1,5H2,2-3H3. The molecule has 9 heavy (non-hydrogen) atoms. The molecule has 0 aliphatic heterocycles. The Morgan fingerprint density at radius 3 is 2.56 bits per heavy atom. The smallest absolute Gasteiger partial charge is 0.243 e. The molecule has 0 spiro atoms. The first-order chi connectivity index (χ1) is 4.22. The molecule has 0 N–H and O–H groups in total. The molecule has 52 valence electrons. The van der Waals surface area contributed by atoms with Gasteiger partial charge in [0.15, 0.2) is 0 Å². The van der Waals surface area contributed by atoms with E-state index >= 15 is 0 Å². The van der Waals surface area contributed by atoms with Crippen LogP contribution in [0.4, 0.5) is 0 Å². The number of carbonyl (C=O) groups excluding carboxylic acids is 1. The Labute approximate surface area is 54.9 Å². The Morgan fingerprint density at radius 2 is 2.44 bits per heavy atom. The number of hydroxylamine groups is 2. The molecule has 0 aromatic carbocycles. The lowest BCUT2D eigenvalue weighted by Crippen LogP contribution is -2.27. The van der Waals surface area contributed by atoms with Crippen LogP contribution in [0.1, 0.15) is 6.92 Å². The number of nitrogens with zero attached hydrogens (tertiary/aromatic N) is 1. The average molecular weight is 129 g/mol. The van der Waals surface area contributed by atoms with E-state index < -0.39 is 0 Å². The van der Waals surface area contributed by atoms with Gasteiger partial charge in [-0.15, -0.1) is 6.58 Å². The van der Waals surface area contributed by atoms with E-state index in [-0.39, 0.29) is 5.91 Å². The van der Waals surface area contributed by atoms with Crippen molar-refractivity contribution in [1.82, 2.24) is 5.06 Å². The Hall–Kier alpha value is -0.830. The van der Waals surface area contributed by atoms with Gasteiger partial charge < -0.3 is 0 Å². The van der Waals surface area contributed by atoms with Crippen molar-refractivity contribution in [2.24, 2.45) is 0 Å². The maximum Gasteiger partial charge on any atom is 0.243 e. The fourth-order valence-electron chi connectivity index (χ4n) is 0.449. The van der Waals surface area contributed by atoms with Crippen LogP contribution >= 0.6 is 0 Å². The van der Waals surface area contributed by atoms with E-state index in [2.05, 4.69) is 11.4 Å². The van der Waals surface area contributed by atoms with Crippen molar-refractivity contribution in [3.8, 4) is 0 Å². The van der Waals surface area contributed by atoms with Crippen LogP contribution in [0.3, 0.4) is 0 Å². The molecule has 0 rings (SSSR count). The van der Waals surface area contributed by atoms with Crippen molar-refractivity contribution in [3.05, 3.63) is 12.7 Å². The molecule has 3 nitrogen and oxygen atoms in total. The summed E-state index contributed by atoms with van der Waals surface area (Å²) in [4.78, 5) is 15.2. The summed E-state index contributed by atoms with van der Waals surface area (Å²) in [5, 5.41) is 1.22. The number of amides is 1. The van der Waals surface area contributed by atoms with Crippen LogP contribution in [0, 0.1) is 0 Å². The maximum absolute atomic E-state index is 10.5. The lowest BCUT2D eigenvalue weighted by Gasteiger charge is -2.14. The normalized spacial score (nSPS) is 8.67. The summed E-state index contributed by atoms with van der Waals surface area (Å²) in [6, 6.07) is 0. The van der Waals surface area contributed by atoms with E-state index in [9.17, 15) is 4.79 Å². The highest BCUT2D eigenvalue weighted by Crippen LogP contribution is 1.87. The number of rotatable bonds is 3. The second-order valence-electron chi connectivity index (χ2n) is 1.55. The van der Waals surface area contributed by atoms with E-state index in [0.29, 0.717) is 6.54 Å². The molecule has 0 aliphatic carbocycles. The van der Waals surface area contributed by atoms with Crippen LogP contribution in [0.25, 0.3) is 0 Å². The highest BCUT2D eigenvalue weighted by Gasteiger charge is 2.02. The summed E-state index contributed by atoms with van der Waals surface area (Å²) in [7, 11) is 1.45. The number of hydrogen-bond donors (Lipinski definition) is 0. The van der Waals surface area contributed by atoms with Crippen LogP contribution in [0.5, 0.6) is 0 Å². The zero-order valence-corrected chi connectivity index (χ0v) is 5.76. The first-order valence-electron chi connectivity index (χ1n) is 2.65. The summed E-state index contributed by atoms with van der Waals surface area (Å²) in [5.74, 6) is -0.114. The summed E-state index contributed by atoms with van der Waals surface area (Å²) in [6.07, 6.45) is 1.60. The molecule has 0 radical (unpaired) electrons. The molecule has 3 heteroatoms. The van der Waals surface area contributed by atoms with E-state index in [4.69, 9.17) is 0 Å². The van der Waals surface area contributed by atoms with Crippen molar-refractivity contribution in [2.45, 2.75) is 6.92 Å². The van der Waals surface area contributed by atoms with Gasteiger partial charge in [0.05, 0.1) is 13.7 Å². The van der Waals surface area contributed by atoms with Gasteiger partial charge in [-0.25, -0.2) is 5.06 Å². The van der Waals surface area contributed by atoms with Gasteiger partial charge in [-0.1, -0.05) is 6.08 Å². The number of carbonyl (C=O) groups is 1. The van der Waals surface area contributed by atoms with Crippen LogP contribution in [0.2, 0.25) is 0 Å². The van der Waals surface area contributed by atoms with Gasteiger partial charge >= 0.3 is 0 Å². The fourth-order valence-corrected chi connectivity index (χ4v) is 0.449. The van der Waals surface area contributed by atoms with Crippen molar-refractivity contribution < 1.29 is 9.63 Å². The average Bonchev–Trinajstić information content (AvgIpc) is 1.82. The molecule has 0 heterocycles. The Kier molecular flexibility index (Phi) is 3.71. The molecular formula is C6H11NO2. The van der Waals surface area contributed by atoms with Gasteiger partial charge in [-0.3, -0.25) is 9.63 Å². The van der Waals surface area contributed by atoms with Gasteiger partial charge in [-0.05, 0) is 0 Å². The summed E-state index contributed by atoms with van der Waals surface area (Å²) in [5.41, 5.74) is 0. The molecule has 0 unspecified atom stereocenters. The second kappa shape index (κ2) is 4.09. The third kappa shape index (κ3) is 2.87. The maximum atomic E-state index is 10.5. The first-order valence-corrected chi connectivity index (χ1v) is 2.65. The SMILES string of the molecule is C=CCN(OC)C(C)=O. The van der Waals surface area contributed by atoms with Crippen LogP contribution in [-0.2, 0) is 9.63 Å². The van der Waals surface area contributed by atoms with Crippen LogP contribution < -0.4 is 0 Å². The summed E-state index contributed by atoms with van der Waals surface area (Å²) < 4.78 is 0. The zero-order chi connectivity index (χ0) is 7.28. The van der Waals surface area contributed by atoms with Crippen LogP contribution in [0.15, 0.2) is 12.7 Å². The molecule has 0 fully saturated rings. The van der Waals surface area contributed by atoms with Gasteiger partial charge in [-0.2, -0.15) is 0 Å². The summed E-state index contributed by atoms with van der Waals surface area (Å²) in [6.45, 7) is 5.33. The zero-order valence-electron chi connectivity index (χ0n) is 5.76. The first kappa shape index (κ1) is 8.17. The monoisotopic (exact) mass is 129 g/mol. The Morgan fingerprint density at radius 1 is 1.89 bits per heavy atom. The predicted octanol–water partition coefficient (Wildman–Crippen LogP) is 0.582. The lowest BCUT2D eigenvalue weighted by molar-refractivity contribution is -0.170. The van der Waals surface area contributed by atoms with Gasteiger partial charge in [0.25, 0.3) is 0 Å². The molecular weight excluding hydrogens is 118 g/mol.